The normalized spacial score (nSPS) is 10.2. The van der Waals surface area contributed by atoms with Crippen molar-refractivity contribution in [3.05, 3.63) is 65.2 Å². The quantitative estimate of drug-likeness (QED) is 0.755. The van der Waals surface area contributed by atoms with Crippen LogP contribution in [0.2, 0.25) is 0 Å². The average Bonchev–Trinajstić information content (AvgIpc) is 2.39. The van der Waals surface area contributed by atoms with Crippen LogP contribution in [-0.4, -0.2) is 0 Å². The van der Waals surface area contributed by atoms with Crippen LogP contribution in [-0.2, 0) is 11.9 Å². The molecule has 2 heteroatoms. The van der Waals surface area contributed by atoms with Crippen molar-refractivity contribution in [1.82, 2.24) is 0 Å². The molecule has 0 aromatic heterocycles. The van der Waals surface area contributed by atoms with Crippen molar-refractivity contribution in [2.75, 3.05) is 0 Å². The zero-order valence-corrected chi connectivity index (χ0v) is 11.4. The summed E-state index contributed by atoms with van der Waals surface area (Å²) in [4.78, 5) is 0. The molecule has 0 amide bonds. The summed E-state index contributed by atoms with van der Waals surface area (Å²) in [7, 11) is 0. The molecule has 0 fully saturated rings. The van der Waals surface area contributed by atoms with Crippen molar-refractivity contribution in [1.29, 1.82) is 0 Å². The maximum atomic E-state index is 5.84. The number of hydrogen-bond donors (Lipinski definition) is 0. The molecule has 0 aliphatic heterocycles. The second-order valence-electron chi connectivity index (χ2n) is 4.01. The van der Waals surface area contributed by atoms with Gasteiger partial charge < -0.3 is 4.74 Å². The molecule has 2 aromatic rings. The van der Waals surface area contributed by atoms with Crippen LogP contribution in [0, 0.1) is 6.92 Å². The molecular formula is C15H15BrO. The van der Waals surface area contributed by atoms with E-state index < -0.39 is 0 Å². The summed E-state index contributed by atoms with van der Waals surface area (Å²) in [6.07, 6.45) is 0. The predicted molar refractivity (Wildman–Crippen MR) is 74.6 cm³/mol. The maximum absolute atomic E-state index is 5.84. The molecule has 2 aromatic carbocycles. The monoisotopic (exact) mass is 290 g/mol. The fraction of sp³-hybridized carbons (Fsp3) is 0.200. The first-order valence-corrected chi connectivity index (χ1v) is 6.74. The van der Waals surface area contributed by atoms with E-state index in [9.17, 15) is 0 Å². The van der Waals surface area contributed by atoms with Gasteiger partial charge in [0.05, 0.1) is 0 Å². The first-order chi connectivity index (χ1) is 8.29. The standard InChI is InChI=1S/C15H15BrO/c1-12-7-8-14(10-16)9-15(12)17-11-13-5-3-2-4-6-13/h2-9H,10-11H2,1H3. The van der Waals surface area contributed by atoms with Gasteiger partial charge in [-0.3, -0.25) is 0 Å². The minimum absolute atomic E-state index is 0.618. The smallest absolute Gasteiger partial charge is 0.123 e. The average molecular weight is 291 g/mol. The zero-order chi connectivity index (χ0) is 12.1. The molecule has 0 N–H and O–H groups in total. The van der Waals surface area contributed by atoms with Gasteiger partial charge in [-0.1, -0.05) is 58.4 Å². The van der Waals surface area contributed by atoms with E-state index in [2.05, 4.69) is 53.2 Å². The van der Waals surface area contributed by atoms with Crippen molar-refractivity contribution >= 4 is 15.9 Å². The molecule has 17 heavy (non-hydrogen) atoms. The number of rotatable bonds is 4. The third-order valence-corrected chi connectivity index (χ3v) is 3.29. The minimum Gasteiger partial charge on any atom is -0.489 e. The van der Waals surface area contributed by atoms with Crippen LogP contribution in [0.25, 0.3) is 0 Å². The Morgan fingerprint density at radius 3 is 2.47 bits per heavy atom. The first-order valence-electron chi connectivity index (χ1n) is 5.62. The topological polar surface area (TPSA) is 9.23 Å². The molecular weight excluding hydrogens is 276 g/mol. The Hall–Kier alpha value is -1.28. The second-order valence-corrected chi connectivity index (χ2v) is 4.57. The molecule has 0 aliphatic carbocycles. The summed E-state index contributed by atoms with van der Waals surface area (Å²) < 4.78 is 5.84. The molecule has 88 valence electrons. The highest BCUT2D eigenvalue weighted by molar-refractivity contribution is 9.08. The Balaban J connectivity index is 2.08. The Labute approximate surface area is 111 Å². The van der Waals surface area contributed by atoms with Gasteiger partial charge in [0.2, 0.25) is 0 Å². The molecule has 0 saturated heterocycles. The van der Waals surface area contributed by atoms with Crippen LogP contribution in [0.1, 0.15) is 16.7 Å². The fourth-order valence-corrected chi connectivity index (χ4v) is 1.97. The predicted octanol–water partition coefficient (Wildman–Crippen LogP) is 4.47. The van der Waals surface area contributed by atoms with Gasteiger partial charge in [-0.2, -0.15) is 0 Å². The highest BCUT2D eigenvalue weighted by Crippen LogP contribution is 2.22. The molecule has 1 nitrogen and oxygen atoms in total. The van der Waals surface area contributed by atoms with Gasteiger partial charge in [-0.25, -0.2) is 0 Å². The van der Waals surface area contributed by atoms with Gasteiger partial charge in [0.1, 0.15) is 12.4 Å². The lowest BCUT2D eigenvalue weighted by Crippen LogP contribution is -1.97. The molecule has 2 rings (SSSR count). The molecule has 0 atom stereocenters. The molecule has 0 bridgehead atoms. The van der Waals surface area contributed by atoms with Gasteiger partial charge in [-0.15, -0.1) is 0 Å². The van der Waals surface area contributed by atoms with Crippen LogP contribution in [0.4, 0.5) is 0 Å². The molecule has 0 spiro atoms. The van der Waals surface area contributed by atoms with Crippen LogP contribution in [0.3, 0.4) is 0 Å². The molecule has 0 radical (unpaired) electrons. The minimum atomic E-state index is 0.618. The summed E-state index contributed by atoms with van der Waals surface area (Å²) in [5.74, 6) is 0.964. The van der Waals surface area contributed by atoms with E-state index in [1.807, 2.05) is 18.2 Å². The lowest BCUT2D eigenvalue weighted by atomic mass is 10.1. The summed E-state index contributed by atoms with van der Waals surface area (Å²) in [6, 6.07) is 16.5. The number of alkyl halides is 1. The van der Waals surface area contributed by atoms with Crippen molar-refractivity contribution in [3.8, 4) is 5.75 Å². The van der Waals surface area contributed by atoms with E-state index in [0.29, 0.717) is 6.61 Å². The van der Waals surface area contributed by atoms with Crippen LogP contribution in [0.5, 0.6) is 5.75 Å². The SMILES string of the molecule is Cc1ccc(CBr)cc1OCc1ccccc1. The summed E-state index contributed by atoms with van der Waals surface area (Å²) in [5.41, 5.74) is 3.60. The highest BCUT2D eigenvalue weighted by Gasteiger charge is 2.01. The van der Waals surface area contributed by atoms with Crippen molar-refractivity contribution in [2.24, 2.45) is 0 Å². The molecule has 0 aliphatic rings. The van der Waals surface area contributed by atoms with Gasteiger partial charge in [0.15, 0.2) is 0 Å². The van der Waals surface area contributed by atoms with Gasteiger partial charge in [0.25, 0.3) is 0 Å². The van der Waals surface area contributed by atoms with Crippen LogP contribution < -0.4 is 4.74 Å². The Bertz CT molecular complexity index is 480. The Kier molecular flexibility index (Phi) is 4.21. The second kappa shape index (κ2) is 5.87. The van der Waals surface area contributed by atoms with E-state index in [0.717, 1.165) is 11.1 Å². The number of halogens is 1. The summed E-state index contributed by atoms with van der Waals surface area (Å²) >= 11 is 3.46. The first kappa shape index (κ1) is 12.2. The van der Waals surface area contributed by atoms with E-state index >= 15 is 0 Å². The highest BCUT2D eigenvalue weighted by atomic mass is 79.9. The van der Waals surface area contributed by atoms with Crippen molar-refractivity contribution < 1.29 is 4.74 Å². The molecule has 0 saturated carbocycles. The maximum Gasteiger partial charge on any atom is 0.123 e. The van der Waals surface area contributed by atoms with E-state index in [-0.39, 0.29) is 0 Å². The van der Waals surface area contributed by atoms with Gasteiger partial charge in [0, 0.05) is 5.33 Å². The summed E-state index contributed by atoms with van der Waals surface area (Å²) in [5, 5.41) is 0.856. The number of benzene rings is 2. The Morgan fingerprint density at radius 1 is 1.00 bits per heavy atom. The largest absolute Gasteiger partial charge is 0.489 e. The Morgan fingerprint density at radius 2 is 1.76 bits per heavy atom. The van der Waals surface area contributed by atoms with Crippen LogP contribution >= 0.6 is 15.9 Å². The molecule has 0 heterocycles. The van der Waals surface area contributed by atoms with Gasteiger partial charge >= 0.3 is 0 Å². The van der Waals surface area contributed by atoms with Gasteiger partial charge in [-0.05, 0) is 29.7 Å². The number of aryl methyl sites for hydroxylation is 1. The van der Waals surface area contributed by atoms with E-state index in [4.69, 9.17) is 4.74 Å². The third kappa shape index (κ3) is 3.34. The fourth-order valence-electron chi connectivity index (χ4n) is 1.62. The van der Waals surface area contributed by atoms with Crippen LogP contribution in [0.15, 0.2) is 48.5 Å². The van der Waals surface area contributed by atoms with Crippen molar-refractivity contribution in [3.63, 3.8) is 0 Å². The lowest BCUT2D eigenvalue weighted by Gasteiger charge is -2.10. The number of ether oxygens (including phenoxy) is 1. The molecule has 0 unspecified atom stereocenters. The summed E-state index contributed by atoms with van der Waals surface area (Å²) in [6.45, 7) is 2.69. The third-order valence-electron chi connectivity index (χ3n) is 2.64. The number of hydrogen-bond acceptors (Lipinski definition) is 1. The van der Waals surface area contributed by atoms with Crippen molar-refractivity contribution in [2.45, 2.75) is 18.9 Å². The lowest BCUT2D eigenvalue weighted by molar-refractivity contribution is 0.304. The zero-order valence-electron chi connectivity index (χ0n) is 9.82. The van der Waals surface area contributed by atoms with E-state index in [1.165, 1.54) is 16.7 Å². The van der Waals surface area contributed by atoms with E-state index in [1.54, 1.807) is 0 Å².